The van der Waals surface area contributed by atoms with E-state index >= 15 is 0 Å². The zero-order valence-corrected chi connectivity index (χ0v) is 70.2. The first-order chi connectivity index (χ1) is 50.4. The Morgan fingerprint density at radius 3 is 0.314 bits per heavy atom. The van der Waals surface area contributed by atoms with Crippen molar-refractivity contribution in [2.45, 2.75) is 541 Å². The van der Waals surface area contributed by atoms with E-state index < -0.39 is 0 Å². The number of carbonyl (C=O) groups excluding carboxylic acids is 3. The Morgan fingerprint density at radius 2 is 0.235 bits per heavy atom. The number of carbonyl (C=O) groups is 3. The summed E-state index contributed by atoms with van der Waals surface area (Å²) in [6, 6.07) is 0. The Hall–Kier alpha value is -2.37. The number of ether oxygens (including phenoxy) is 3. The van der Waals surface area contributed by atoms with Crippen molar-refractivity contribution in [1.29, 1.82) is 0 Å². The molecule has 0 aliphatic heterocycles. The highest BCUT2D eigenvalue weighted by molar-refractivity contribution is 5.81. The fourth-order valence-corrected chi connectivity index (χ4v) is 14.5. The zero-order valence-electron chi connectivity index (χ0n) is 70.2. The molecule has 0 aliphatic rings. The van der Waals surface area contributed by atoms with Crippen molar-refractivity contribution in [3.63, 3.8) is 0 Å². The van der Waals surface area contributed by atoms with Gasteiger partial charge in [-0.1, -0.05) is 541 Å². The Kier molecular flexibility index (Phi) is 102. The minimum absolute atomic E-state index is 0.296. The molecule has 0 N–H and O–H groups in total. The average molecular weight is 1440 g/mol. The van der Waals surface area contributed by atoms with Crippen molar-refractivity contribution in [3.05, 3.63) is 38.0 Å². The molecule has 0 amide bonds. The summed E-state index contributed by atoms with van der Waals surface area (Å²) in [6.07, 6.45) is 118. The van der Waals surface area contributed by atoms with Gasteiger partial charge < -0.3 is 14.2 Å². The molecular weight excluding hydrogens is 1250 g/mol. The van der Waals surface area contributed by atoms with Crippen LogP contribution in [0.25, 0.3) is 0 Å². The van der Waals surface area contributed by atoms with Gasteiger partial charge in [0, 0.05) is 18.2 Å². The lowest BCUT2D eigenvalue weighted by atomic mass is 10.0. The monoisotopic (exact) mass is 1440 g/mol. The van der Waals surface area contributed by atoms with Gasteiger partial charge in [0.15, 0.2) is 0 Å². The molecule has 0 heterocycles. The van der Waals surface area contributed by atoms with Crippen molar-refractivity contribution in [3.8, 4) is 0 Å². The molecule has 0 aromatic rings. The first kappa shape index (κ1) is 104. The summed E-state index contributed by atoms with van der Waals surface area (Å²) in [7, 11) is 0. The largest absolute Gasteiger partial charge is 0.463 e. The molecule has 6 heteroatoms. The van der Waals surface area contributed by atoms with Crippen LogP contribution in [0.1, 0.15) is 541 Å². The third-order valence-electron chi connectivity index (χ3n) is 21.5. The summed E-state index contributed by atoms with van der Waals surface area (Å²) in [5.74, 6) is -0.889. The molecule has 102 heavy (non-hydrogen) atoms. The van der Waals surface area contributed by atoms with Gasteiger partial charge in [0.2, 0.25) is 0 Å². The first-order valence-electron chi connectivity index (χ1n) is 46.8. The highest BCUT2D eigenvalue weighted by Crippen LogP contribution is 2.21. The molecule has 0 saturated heterocycles. The maximum Gasteiger partial charge on any atom is 0.330 e. The van der Waals surface area contributed by atoms with Gasteiger partial charge in [-0.3, -0.25) is 0 Å². The van der Waals surface area contributed by atoms with Crippen LogP contribution >= 0.6 is 0 Å². The van der Waals surface area contributed by atoms with Crippen LogP contribution in [-0.4, -0.2) is 37.7 Å². The lowest BCUT2D eigenvalue weighted by Gasteiger charge is -2.05. The molecule has 0 aliphatic carbocycles. The molecule has 0 saturated carbocycles. The third-order valence-corrected chi connectivity index (χ3v) is 21.5. The van der Waals surface area contributed by atoms with Crippen LogP contribution in [0.2, 0.25) is 0 Å². The molecule has 0 radical (unpaired) electrons. The van der Waals surface area contributed by atoms with E-state index in [0.717, 1.165) is 19.3 Å². The zero-order chi connectivity index (χ0) is 74.4. The SMILES string of the molecule is C=CC(=O)OCCCCCCCCCCCCCCCCCCCCCCCCCCCC.C=CC(=O)OCCCCCCCCCCCCCCCCCCCCCCCCCCCCC.C=CC(=O)OCCCCCCCCCCCCCCCCCCCCCCCCCCCCCC. The topological polar surface area (TPSA) is 78.9 Å². The lowest BCUT2D eigenvalue weighted by molar-refractivity contribution is -0.138. The van der Waals surface area contributed by atoms with Crippen LogP contribution in [0.15, 0.2) is 38.0 Å². The average Bonchev–Trinajstić information content (AvgIpc) is 3.78. The van der Waals surface area contributed by atoms with Crippen LogP contribution in [-0.2, 0) is 28.6 Å². The molecule has 0 atom stereocenters. The Bertz CT molecular complexity index is 1570. The number of rotatable bonds is 87. The number of hydrogen-bond donors (Lipinski definition) is 0. The summed E-state index contributed by atoms with van der Waals surface area (Å²) in [6.45, 7) is 18.7. The van der Waals surface area contributed by atoms with E-state index in [1.165, 1.54) is 519 Å². The van der Waals surface area contributed by atoms with Gasteiger partial charge in [0.1, 0.15) is 0 Å². The summed E-state index contributed by atoms with van der Waals surface area (Å²) in [4.78, 5) is 32.8. The first-order valence-corrected chi connectivity index (χ1v) is 46.8. The third kappa shape index (κ3) is 104. The molecule has 0 aromatic heterocycles. The van der Waals surface area contributed by atoms with Gasteiger partial charge in [-0.15, -0.1) is 0 Å². The summed E-state index contributed by atoms with van der Waals surface area (Å²) >= 11 is 0. The second-order valence-corrected chi connectivity index (χ2v) is 31.7. The predicted molar refractivity (Wildman–Crippen MR) is 454 cm³/mol. The maximum atomic E-state index is 10.9. The molecule has 0 aromatic carbocycles. The van der Waals surface area contributed by atoms with Crippen LogP contribution in [0, 0.1) is 0 Å². The van der Waals surface area contributed by atoms with Crippen molar-refractivity contribution in [2.75, 3.05) is 19.8 Å². The quantitative estimate of drug-likeness (QED) is 0.0261. The lowest BCUT2D eigenvalue weighted by Crippen LogP contribution is -2.01. The second-order valence-electron chi connectivity index (χ2n) is 31.7. The van der Waals surface area contributed by atoms with E-state index in [0.29, 0.717) is 19.8 Å². The van der Waals surface area contributed by atoms with Gasteiger partial charge in [-0.05, 0) is 19.3 Å². The fraction of sp³-hybridized carbons (Fsp3) is 0.906. The Labute approximate surface area is 641 Å². The molecule has 0 fully saturated rings. The molecule has 0 spiro atoms. The standard InChI is InChI=1S/C33H64O2.C32H62O2.C31H60O2/c1-3-5-6-7-8-9-10-11-12-13-14-15-16-17-18-19-20-21-22-23-24-25-26-27-28-29-30-31-32-35-33(34)4-2;1-3-5-6-7-8-9-10-11-12-13-14-15-16-17-18-19-20-21-22-23-24-25-26-27-28-29-30-31-34-32(33)4-2;1-3-5-6-7-8-9-10-11-12-13-14-15-16-17-18-19-20-21-22-23-24-25-26-27-28-29-30-33-31(32)4-2/h4H,2-3,5-32H2,1H3;4H,2-3,5-31H2,1H3;4H,2-3,5-30H2,1H3. The molecule has 0 unspecified atom stereocenters. The van der Waals surface area contributed by atoms with Crippen molar-refractivity contribution in [2.24, 2.45) is 0 Å². The van der Waals surface area contributed by atoms with Crippen LogP contribution < -0.4 is 0 Å². The summed E-state index contributed by atoms with van der Waals surface area (Å²) < 4.78 is 15.0. The van der Waals surface area contributed by atoms with E-state index in [-0.39, 0.29) is 17.9 Å². The van der Waals surface area contributed by atoms with E-state index in [2.05, 4.69) is 40.5 Å². The van der Waals surface area contributed by atoms with E-state index in [9.17, 15) is 14.4 Å². The van der Waals surface area contributed by atoms with Gasteiger partial charge in [-0.25, -0.2) is 14.4 Å². The molecule has 606 valence electrons. The molecule has 0 bridgehead atoms. The number of unbranched alkanes of at least 4 members (excludes halogenated alkanes) is 78. The molecule has 0 rings (SSSR count). The van der Waals surface area contributed by atoms with E-state index in [4.69, 9.17) is 14.2 Å². The predicted octanol–water partition coefficient (Wildman–Crippen LogP) is 33.8. The number of hydrogen-bond acceptors (Lipinski definition) is 6. The summed E-state index contributed by atoms with van der Waals surface area (Å²) in [5.41, 5.74) is 0. The van der Waals surface area contributed by atoms with Crippen molar-refractivity contribution in [1.82, 2.24) is 0 Å². The van der Waals surface area contributed by atoms with Crippen LogP contribution in [0.3, 0.4) is 0 Å². The normalized spacial score (nSPS) is 11.1. The Morgan fingerprint density at radius 1 is 0.157 bits per heavy atom. The summed E-state index contributed by atoms with van der Waals surface area (Å²) in [5, 5.41) is 0. The van der Waals surface area contributed by atoms with Gasteiger partial charge in [0.05, 0.1) is 19.8 Å². The van der Waals surface area contributed by atoms with Gasteiger partial charge in [-0.2, -0.15) is 0 Å². The van der Waals surface area contributed by atoms with Crippen molar-refractivity contribution < 1.29 is 28.6 Å². The van der Waals surface area contributed by atoms with Crippen molar-refractivity contribution >= 4 is 17.9 Å². The van der Waals surface area contributed by atoms with E-state index in [1.54, 1.807) is 0 Å². The molecular formula is C96H186O6. The minimum atomic E-state index is -0.297. The van der Waals surface area contributed by atoms with Gasteiger partial charge in [0.25, 0.3) is 0 Å². The highest BCUT2D eigenvalue weighted by Gasteiger charge is 2.04. The minimum Gasteiger partial charge on any atom is -0.463 e. The highest BCUT2D eigenvalue weighted by atomic mass is 16.5. The van der Waals surface area contributed by atoms with Crippen LogP contribution in [0.4, 0.5) is 0 Å². The van der Waals surface area contributed by atoms with Gasteiger partial charge >= 0.3 is 17.9 Å². The Balaban J connectivity index is -0.00000144. The maximum absolute atomic E-state index is 10.9. The van der Waals surface area contributed by atoms with E-state index in [1.807, 2.05) is 0 Å². The second kappa shape index (κ2) is 101. The molecule has 6 nitrogen and oxygen atoms in total. The number of esters is 3. The smallest absolute Gasteiger partial charge is 0.330 e. The fourth-order valence-electron chi connectivity index (χ4n) is 14.5. The van der Waals surface area contributed by atoms with Crippen LogP contribution in [0.5, 0.6) is 0 Å².